The van der Waals surface area contributed by atoms with E-state index in [4.69, 9.17) is 0 Å². The first-order valence-electron chi connectivity index (χ1n) is 4.44. The summed E-state index contributed by atoms with van der Waals surface area (Å²) in [6.45, 7) is 0. The first-order valence-corrected chi connectivity index (χ1v) is 5.84. The number of nitrogens with zero attached hydrogens (tertiary/aromatic N) is 2. The number of hydrogen-bond donors (Lipinski definition) is 0. The summed E-state index contributed by atoms with van der Waals surface area (Å²) in [5, 5.41) is 0. The first kappa shape index (κ1) is 10.9. The minimum Gasteiger partial charge on any atom is -0.744 e. The van der Waals surface area contributed by atoms with Crippen LogP contribution in [0.2, 0.25) is 0 Å². The summed E-state index contributed by atoms with van der Waals surface area (Å²) >= 11 is 0. The molecular weight excluding hydrogens is 232 g/mol. The number of imidazole rings is 1. The molecule has 6 nitrogen and oxygen atoms in total. The molecule has 7 heteroatoms. The van der Waals surface area contributed by atoms with Crippen molar-refractivity contribution in [3.63, 3.8) is 0 Å². The highest BCUT2D eigenvalue weighted by Crippen LogP contribution is 2.17. The molecular formula is C9H9N2O4S-. The fourth-order valence-corrected chi connectivity index (χ4v) is 2.13. The van der Waals surface area contributed by atoms with E-state index < -0.39 is 10.1 Å². The maximum absolute atomic E-state index is 11.5. The van der Waals surface area contributed by atoms with E-state index in [2.05, 4.69) is 0 Å². The van der Waals surface area contributed by atoms with E-state index in [0.29, 0.717) is 11.0 Å². The number of benzene rings is 1. The van der Waals surface area contributed by atoms with E-state index in [0.717, 1.165) is 0 Å². The highest BCUT2D eigenvalue weighted by Gasteiger charge is 2.10. The van der Waals surface area contributed by atoms with Crippen molar-refractivity contribution < 1.29 is 13.0 Å². The van der Waals surface area contributed by atoms with Gasteiger partial charge in [-0.2, -0.15) is 0 Å². The molecule has 0 atom stereocenters. The summed E-state index contributed by atoms with van der Waals surface area (Å²) in [5.41, 5.74) is 0.736. The van der Waals surface area contributed by atoms with E-state index in [9.17, 15) is 17.8 Å². The fraction of sp³-hybridized carbons (Fsp3) is 0.222. The summed E-state index contributed by atoms with van der Waals surface area (Å²) in [6, 6.07) is 3.85. The Labute approximate surface area is 91.5 Å². The van der Waals surface area contributed by atoms with E-state index >= 15 is 0 Å². The average molecular weight is 241 g/mol. The molecule has 0 bridgehead atoms. The molecule has 0 saturated carbocycles. The smallest absolute Gasteiger partial charge is 0.328 e. The Bertz CT molecular complexity index is 724. The van der Waals surface area contributed by atoms with Gasteiger partial charge in [0.05, 0.1) is 15.9 Å². The molecule has 2 rings (SSSR count). The van der Waals surface area contributed by atoms with Crippen molar-refractivity contribution in [2.24, 2.45) is 14.1 Å². The zero-order valence-corrected chi connectivity index (χ0v) is 9.48. The molecule has 0 radical (unpaired) electrons. The monoisotopic (exact) mass is 241 g/mol. The third-order valence-corrected chi connectivity index (χ3v) is 3.36. The second-order valence-corrected chi connectivity index (χ2v) is 4.88. The lowest BCUT2D eigenvalue weighted by Crippen LogP contribution is -2.19. The second-order valence-electron chi connectivity index (χ2n) is 3.51. The highest BCUT2D eigenvalue weighted by atomic mass is 32.2. The topological polar surface area (TPSA) is 84.1 Å². The summed E-state index contributed by atoms with van der Waals surface area (Å²) in [5.74, 6) is 0. The summed E-state index contributed by atoms with van der Waals surface area (Å²) in [4.78, 5) is 11.2. The van der Waals surface area contributed by atoms with Crippen molar-refractivity contribution in [2.75, 3.05) is 0 Å². The molecule has 0 fully saturated rings. The lowest BCUT2D eigenvalue weighted by molar-refractivity contribution is 0.463. The molecule has 0 amide bonds. The van der Waals surface area contributed by atoms with Crippen LogP contribution in [0.15, 0.2) is 27.9 Å². The fourth-order valence-electron chi connectivity index (χ4n) is 1.64. The van der Waals surface area contributed by atoms with Crippen LogP contribution in [0, 0.1) is 0 Å². The minimum atomic E-state index is -4.49. The minimum absolute atomic E-state index is 0.268. The van der Waals surface area contributed by atoms with Gasteiger partial charge in [-0.3, -0.25) is 9.13 Å². The zero-order valence-electron chi connectivity index (χ0n) is 8.67. The predicted octanol–water partition coefficient (Wildman–Crippen LogP) is -0.219. The van der Waals surface area contributed by atoms with Crippen LogP contribution < -0.4 is 5.69 Å². The van der Waals surface area contributed by atoms with Crippen LogP contribution in [0.25, 0.3) is 11.0 Å². The maximum atomic E-state index is 11.5. The van der Waals surface area contributed by atoms with E-state index in [1.165, 1.54) is 34.4 Å². The van der Waals surface area contributed by atoms with Gasteiger partial charge in [-0.05, 0) is 18.2 Å². The molecule has 0 unspecified atom stereocenters. The van der Waals surface area contributed by atoms with Crippen LogP contribution in [-0.2, 0) is 24.2 Å². The normalized spacial score (nSPS) is 12.2. The largest absolute Gasteiger partial charge is 0.744 e. The molecule has 0 aliphatic rings. The summed E-state index contributed by atoms with van der Waals surface area (Å²) < 4.78 is 35.2. The van der Waals surface area contributed by atoms with Crippen molar-refractivity contribution in [1.29, 1.82) is 0 Å². The Kier molecular flexibility index (Phi) is 2.18. The first-order chi connectivity index (χ1) is 7.32. The van der Waals surface area contributed by atoms with Gasteiger partial charge in [-0.25, -0.2) is 13.2 Å². The average Bonchev–Trinajstić information content (AvgIpc) is 2.43. The Morgan fingerprint density at radius 1 is 1.12 bits per heavy atom. The van der Waals surface area contributed by atoms with Crippen LogP contribution in [0.1, 0.15) is 0 Å². The quantitative estimate of drug-likeness (QED) is 0.646. The molecule has 2 aromatic rings. The van der Waals surface area contributed by atoms with Crippen molar-refractivity contribution in [1.82, 2.24) is 9.13 Å². The number of hydrogen-bond acceptors (Lipinski definition) is 4. The molecule has 16 heavy (non-hydrogen) atoms. The Morgan fingerprint density at radius 2 is 1.69 bits per heavy atom. The van der Waals surface area contributed by atoms with Crippen LogP contribution in [0.3, 0.4) is 0 Å². The van der Waals surface area contributed by atoms with Crippen LogP contribution >= 0.6 is 0 Å². The van der Waals surface area contributed by atoms with Crippen LogP contribution in [0.4, 0.5) is 0 Å². The third kappa shape index (κ3) is 1.44. The molecule has 0 saturated heterocycles. The van der Waals surface area contributed by atoms with Crippen molar-refractivity contribution in [3.8, 4) is 0 Å². The van der Waals surface area contributed by atoms with Gasteiger partial charge in [0.2, 0.25) is 0 Å². The molecule has 0 aliphatic heterocycles. The molecule has 1 aromatic carbocycles. The number of fused-ring (bicyclic) bond motifs is 1. The van der Waals surface area contributed by atoms with Crippen LogP contribution in [0.5, 0.6) is 0 Å². The Balaban J connectivity index is 2.93. The SMILES string of the molecule is Cn1c(=O)n(C)c2cc(S(=O)(=O)[O-])ccc21. The van der Waals surface area contributed by atoms with E-state index in [1.807, 2.05) is 0 Å². The van der Waals surface area contributed by atoms with E-state index in [1.54, 1.807) is 7.05 Å². The van der Waals surface area contributed by atoms with Gasteiger partial charge in [0, 0.05) is 14.1 Å². The van der Waals surface area contributed by atoms with Gasteiger partial charge < -0.3 is 4.55 Å². The molecule has 0 N–H and O–H groups in total. The molecule has 0 spiro atoms. The van der Waals surface area contributed by atoms with Gasteiger partial charge >= 0.3 is 5.69 Å². The highest BCUT2D eigenvalue weighted by molar-refractivity contribution is 7.85. The number of aromatic nitrogens is 2. The van der Waals surface area contributed by atoms with Gasteiger partial charge in [-0.1, -0.05) is 0 Å². The standard InChI is InChI=1S/C9H10N2O4S/c1-10-7-4-3-6(16(13,14)15)5-8(7)11(2)9(10)12/h3-5H,1-2H3,(H,13,14,15)/p-1. The summed E-state index contributed by atoms with van der Waals surface area (Å²) in [6.07, 6.45) is 0. The lowest BCUT2D eigenvalue weighted by Gasteiger charge is -2.06. The van der Waals surface area contributed by atoms with Gasteiger partial charge in [0.25, 0.3) is 0 Å². The van der Waals surface area contributed by atoms with Crippen LogP contribution in [-0.4, -0.2) is 22.1 Å². The molecule has 1 heterocycles. The molecule has 86 valence electrons. The van der Waals surface area contributed by atoms with Crippen molar-refractivity contribution in [2.45, 2.75) is 4.90 Å². The predicted molar refractivity (Wildman–Crippen MR) is 56.1 cm³/mol. The van der Waals surface area contributed by atoms with Crippen molar-refractivity contribution in [3.05, 3.63) is 28.7 Å². The second kappa shape index (κ2) is 3.19. The molecule has 0 aliphatic carbocycles. The number of aryl methyl sites for hydroxylation is 2. The number of rotatable bonds is 1. The van der Waals surface area contributed by atoms with Crippen molar-refractivity contribution >= 4 is 21.2 Å². The summed E-state index contributed by atoms with van der Waals surface area (Å²) in [7, 11) is -1.39. The van der Waals surface area contributed by atoms with Gasteiger partial charge in [0.1, 0.15) is 10.1 Å². The Morgan fingerprint density at radius 3 is 2.25 bits per heavy atom. The maximum Gasteiger partial charge on any atom is 0.328 e. The zero-order chi connectivity index (χ0) is 12.1. The van der Waals surface area contributed by atoms with E-state index in [-0.39, 0.29) is 10.6 Å². The third-order valence-electron chi connectivity index (χ3n) is 2.53. The van der Waals surface area contributed by atoms with Gasteiger partial charge in [-0.15, -0.1) is 0 Å². The Hall–Kier alpha value is -1.60. The van der Waals surface area contributed by atoms with Gasteiger partial charge in [0.15, 0.2) is 0 Å². The lowest BCUT2D eigenvalue weighted by atomic mass is 10.3. The molecule has 1 aromatic heterocycles.